The van der Waals surface area contributed by atoms with Crippen LogP contribution < -0.4 is 0 Å². The number of rotatable bonds is 4. The molecule has 0 bridgehead atoms. The third-order valence-corrected chi connectivity index (χ3v) is 1.12. The van der Waals surface area contributed by atoms with Crippen LogP contribution in [0.2, 0.25) is 0 Å². The van der Waals surface area contributed by atoms with Gasteiger partial charge in [0.05, 0.1) is 0 Å². The maximum Gasteiger partial charge on any atom is -0.0350 e. The Balaban J connectivity index is 3.32. The van der Waals surface area contributed by atoms with Crippen molar-refractivity contribution >= 4 is 0 Å². The molecule has 0 nitrogen and oxygen atoms in total. The van der Waals surface area contributed by atoms with Crippen LogP contribution >= 0.6 is 0 Å². The second-order valence-electron chi connectivity index (χ2n) is 2.13. The van der Waals surface area contributed by atoms with E-state index in [1.807, 2.05) is 25.2 Å². The van der Waals surface area contributed by atoms with Crippen LogP contribution in [0.1, 0.15) is 26.7 Å². The lowest BCUT2D eigenvalue weighted by Gasteiger charge is -1.78. The van der Waals surface area contributed by atoms with Crippen LogP contribution in [0.5, 0.6) is 0 Å². The fourth-order valence-corrected chi connectivity index (χ4v) is 0.581. The molecule has 0 aromatic carbocycles. The van der Waals surface area contributed by atoms with Crippen molar-refractivity contribution in [3.63, 3.8) is 0 Å². The molecule has 0 saturated heterocycles. The van der Waals surface area contributed by atoms with E-state index in [0.29, 0.717) is 0 Å². The molecule has 0 aromatic heterocycles. The fraction of sp³-hybridized carbons (Fsp3) is 0.400. The second kappa shape index (κ2) is 8.22. The van der Waals surface area contributed by atoms with Gasteiger partial charge in [-0.05, 0) is 13.3 Å². The van der Waals surface area contributed by atoms with E-state index in [1.165, 1.54) is 12.8 Å². The molecule has 0 amide bonds. The summed E-state index contributed by atoms with van der Waals surface area (Å²) in [5, 5.41) is 0. The smallest absolute Gasteiger partial charge is 0.0350 e. The van der Waals surface area contributed by atoms with Crippen molar-refractivity contribution in [1.29, 1.82) is 0 Å². The van der Waals surface area contributed by atoms with Crippen molar-refractivity contribution in [3.05, 3.63) is 36.5 Å². The first-order valence-electron chi connectivity index (χ1n) is 3.86. The summed E-state index contributed by atoms with van der Waals surface area (Å²) in [5.74, 6) is 0. The maximum atomic E-state index is 2.18. The minimum Gasteiger partial charge on any atom is -0.0877 e. The second-order valence-corrected chi connectivity index (χ2v) is 2.13. The van der Waals surface area contributed by atoms with Crippen molar-refractivity contribution in [2.24, 2.45) is 0 Å². The highest BCUT2D eigenvalue weighted by atomic mass is 13.7. The Morgan fingerprint density at radius 3 is 2.30 bits per heavy atom. The largest absolute Gasteiger partial charge is 0.0877 e. The highest BCUT2D eigenvalue weighted by Crippen LogP contribution is 1.88. The standard InChI is InChI=1S/C10H16/c1-3-5-7-9-10-8-6-4-2/h3,5,7-10H,4,6H2,1-2H3/b5-3+,9-7-,10-8-. The van der Waals surface area contributed by atoms with Gasteiger partial charge in [0, 0.05) is 0 Å². The molecule has 10 heavy (non-hydrogen) atoms. The van der Waals surface area contributed by atoms with Crippen molar-refractivity contribution in [3.8, 4) is 0 Å². The molecule has 0 saturated carbocycles. The quantitative estimate of drug-likeness (QED) is 0.519. The molecular formula is C10H16. The van der Waals surface area contributed by atoms with Gasteiger partial charge in [-0.15, -0.1) is 0 Å². The molecule has 0 fully saturated rings. The third kappa shape index (κ3) is 7.22. The monoisotopic (exact) mass is 136 g/mol. The van der Waals surface area contributed by atoms with Crippen LogP contribution in [-0.4, -0.2) is 0 Å². The Kier molecular flexibility index (Phi) is 7.58. The lowest BCUT2D eigenvalue weighted by molar-refractivity contribution is 0.959. The number of hydrogen-bond donors (Lipinski definition) is 0. The zero-order valence-electron chi connectivity index (χ0n) is 6.88. The number of unbranched alkanes of at least 4 members (excludes halogenated alkanes) is 1. The van der Waals surface area contributed by atoms with Gasteiger partial charge in [0.2, 0.25) is 0 Å². The van der Waals surface area contributed by atoms with E-state index in [2.05, 4.69) is 25.2 Å². The molecular weight excluding hydrogens is 120 g/mol. The molecule has 0 unspecified atom stereocenters. The lowest BCUT2D eigenvalue weighted by Crippen LogP contribution is -1.58. The average molecular weight is 136 g/mol. The van der Waals surface area contributed by atoms with Crippen LogP contribution in [0.15, 0.2) is 36.5 Å². The molecule has 0 rings (SSSR count). The van der Waals surface area contributed by atoms with Crippen LogP contribution in [0.3, 0.4) is 0 Å². The molecule has 0 aliphatic carbocycles. The highest BCUT2D eigenvalue weighted by molar-refractivity contribution is 5.10. The molecule has 0 N–H and O–H groups in total. The summed E-state index contributed by atoms with van der Waals surface area (Å²) in [6, 6.07) is 0. The van der Waals surface area contributed by atoms with Crippen LogP contribution in [0, 0.1) is 0 Å². The summed E-state index contributed by atoms with van der Waals surface area (Å²) in [4.78, 5) is 0. The predicted molar refractivity (Wildman–Crippen MR) is 48.0 cm³/mol. The van der Waals surface area contributed by atoms with E-state index in [-0.39, 0.29) is 0 Å². The summed E-state index contributed by atoms with van der Waals surface area (Å²) in [7, 11) is 0. The van der Waals surface area contributed by atoms with Gasteiger partial charge in [0.1, 0.15) is 0 Å². The molecule has 56 valence electrons. The number of allylic oxidation sites excluding steroid dienone is 6. The van der Waals surface area contributed by atoms with Gasteiger partial charge < -0.3 is 0 Å². The van der Waals surface area contributed by atoms with Crippen LogP contribution in [-0.2, 0) is 0 Å². The van der Waals surface area contributed by atoms with Gasteiger partial charge >= 0.3 is 0 Å². The first-order valence-corrected chi connectivity index (χ1v) is 3.86. The minimum absolute atomic E-state index is 1.18. The first-order chi connectivity index (χ1) is 4.91. The molecule has 0 heteroatoms. The Hall–Kier alpha value is -0.780. The van der Waals surface area contributed by atoms with Crippen molar-refractivity contribution < 1.29 is 0 Å². The zero-order valence-corrected chi connectivity index (χ0v) is 6.88. The molecule has 0 aromatic rings. The van der Waals surface area contributed by atoms with Gasteiger partial charge in [-0.25, -0.2) is 0 Å². The summed E-state index contributed by atoms with van der Waals surface area (Å²) in [6.07, 6.45) is 14.8. The maximum absolute atomic E-state index is 2.18. The van der Waals surface area contributed by atoms with Crippen molar-refractivity contribution in [2.45, 2.75) is 26.7 Å². The van der Waals surface area contributed by atoms with Crippen molar-refractivity contribution in [2.75, 3.05) is 0 Å². The van der Waals surface area contributed by atoms with Crippen molar-refractivity contribution in [1.82, 2.24) is 0 Å². The Morgan fingerprint density at radius 1 is 1.00 bits per heavy atom. The zero-order chi connectivity index (χ0) is 7.66. The minimum atomic E-state index is 1.18. The SMILES string of the molecule is C/C=C/C=C\C=C/CCC. The van der Waals surface area contributed by atoms with E-state index in [4.69, 9.17) is 0 Å². The van der Waals surface area contributed by atoms with Crippen LogP contribution in [0.4, 0.5) is 0 Å². The normalized spacial score (nSPS) is 12.6. The first kappa shape index (κ1) is 9.22. The summed E-state index contributed by atoms with van der Waals surface area (Å²) >= 11 is 0. The van der Waals surface area contributed by atoms with E-state index in [0.717, 1.165) is 0 Å². The number of hydrogen-bond acceptors (Lipinski definition) is 0. The molecule has 0 atom stereocenters. The molecule has 0 heterocycles. The summed E-state index contributed by atoms with van der Waals surface area (Å²) < 4.78 is 0. The molecule has 0 radical (unpaired) electrons. The average Bonchev–Trinajstić information content (AvgIpc) is 1.97. The predicted octanol–water partition coefficient (Wildman–Crippen LogP) is 3.48. The third-order valence-electron chi connectivity index (χ3n) is 1.12. The van der Waals surface area contributed by atoms with Gasteiger partial charge in [0.25, 0.3) is 0 Å². The fourth-order valence-electron chi connectivity index (χ4n) is 0.581. The van der Waals surface area contributed by atoms with Gasteiger partial charge in [-0.2, -0.15) is 0 Å². The van der Waals surface area contributed by atoms with Gasteiger partial charge in [-0.3, -0.25) is 0 Å². The molecule has 0 aliphatic heterocycles. The Bertz CT molecular complexity index is 127. The van der Waals surface area contributed by atoms with E-state index in [9.17, 15) is 0 Å². The summed E-state index contributed by atoms with van der Waals surface area (Å²) in [5.41, 5.74) is 0. The molecule has 0 aliphatic rings. The van der Waals surface area contributed by atoms with E-state index >= 15 is 0 Å². The van der Waals surface area contributed by atoms with E-state index in [1.54, 1.807) is 0 Å². The summed E-state index contributed by atoms with van der Waals surface area (Å²) in [6.45, 7) is 4.19. The Morgan fingerprint density at radius 2 is 1.70 bits per heavy atom. The van der Waals surface area contributed by atoms with Gasteiger partial charge in [-0.1, -0.05) is 49.8 Å². The van der Waals surface area contributed by atoms with E-state index < -0.39 is 0 Å². The topological polar surface area (TPSA) is 0 Å². The lowest BCUT2D eigenvalue weighted by atomic mass is 10.3. The Labute approximate surface area is 64.0 Å². The van der Waals surface area contributed by atoms with Gasteiger partial charge in [0.15, 0.2) is 0 Å². The van der Waals surface area contributed by atoms with Crippen LogP contribution in [0.25, 0.3) is 0 Å². The molecule has 0 spiro atoms. The highest BCUT2D eigenvalue weighted by Gasteiger charge is 1.67.